The maximum Gasteiger partial charge on any atom is 0.264 e. The summed E-state index contributed by atoms with van der Waals surface area (Å²) < 4.78 is 32.6. The molecular formula is C15H10Cl3N3O3S. The Kier molecular flexibility index (Phi) is 4.92. The average Bonchev–Trinajstić information content (AvgIpc) is 2.57. The summed E-state index contributed by atoms with van der Waals surface area (Å²) in [6, 6.07) is 9.26. The summed E-state index contributed by atoms with van der Waals surface area (Å²) in [7, 11) is -2.55. The van der Waals surface area contributed by atoms with Gasteiger partial charge in [-0.3, -0.25) is 4.72 Å². The van der Waals surface area contributed by atoms with E-state index in [1.165, 1.54) is 25.3 Å². The number of anilines is 1. The highest BCUT2D eigenvalue weighted by molar-refractivity contribution is 7.92. The molecule has 3 rings (SSSR count). The molecule has 0 saturated heterocycles. The van der Waals surface area contributed by atoms with Crippen molar-refractivity contribution in [3.63, 3.8) is 0 Å². The largest absolute Gasteiger partial charge is 0.497 e. The van der Waals surface area contributed by atoms with Crippen LogP contribution in [0.25, 0.3) is 11.0 Å². The van der Waals surface area contributed by atoms with E-state index < -0.39 is 10.0 Å². The van der Waals surface area contributed by atoms with Crippen LogP contribution in [-0.2, 0) is 10.0 Å². The number of halogens is 3. The van der Waals surface area contributed by atoms with E-state index >= 15 is 0 Å². The van der Waals surface area contributed by atoms with Crippen LogP contribution in [0.15, 0.2) is 41.3 Å². The molecule has 0 unspecified atom stereocenters. The monoisotopic (exact) mass is 417 g/mol. The van der Waals surface area contributed by atoms with E-state index in [0.29, 0.717) is 16.8 Å². The SMILES string of the molecule is COc1ccc2nc(Cl)c(NS(=O)(=O)c3cccc(Cl)c3Cl)nc2c1. The van der Waals surface area contributed by atoms with Gasteiger partial charge < -0.3 is 4.74 Å². The first-order valence-corrected chi connectivity index (χ1v) is 9.41. The molecule has 0 fully saturated rings. The predicted molar refractivity (Wildman–Crippen MR) is 98.4 cm³/mol. The Balaban J connectivity index is 2.07. The fourth-order valence-corrected chi connectivity index (χ4v) is 4.09. The minimum absolute atomic E-state index is 0.0943. The lowest BCUT2D eigenvalue weighted by atomic mass is 10.3. The molecule has 2 aromatic carbocycles. The zero-order valence-corrected chi connectivity index (χ0v) is 15.7. The van der Waals surface area contributed by atoms with E-state index in [9.17, 15) is 8.42 Å². The molecule has 6 nitrogen and oxygen atoms in total. The molecule has 25 heavy (non-hydrogen) atoms. The summed E-state index contributed by atoms with van der Waals surface area (Å²) >= 11 is 17.9. The van der Waals surface area contributed by atoms with Crippen LogP contribution in [0.1, 0.15) is 0 Å². The van der Waals surface area contributed by atoms with Crippen LogP contribution >= 0.6 is 34.8 Å². The number of nitrogens with one attached hydrogen (secondary N) is 1. The third kappa shape index (κ3) is 3.59. The molecule has 0 aliphatic rings. The van der Waals surface area contributed by atoms with E-state index in [2.05, 4.69) is 14.7 Å². The Labute approximate surface area is 158 Å². The second-order valence-corrected chi connectivity index (χ2v) is 7.67. The summed E-state index contributed by atoms with van der Waals surface area (Å²) in [5, 5.41) is -0.0763. The maximum atomic E-state index is 12.6. The predicted octanol–water partition coefficient (Wildman–Crippen LogP) is 4.40. The van der Waals surface area contributed by atoms with Gasteiger partial charge in [-0.2, -0.15) is 0 Å². The van der Waals surface area contributed by atoms with Gasteiger partial charge in [0.1, 0.15) is 10.6 Å². The summed E-state index contributed by atoms with van der Waals surface area (Å²) in [5.41, 5.74) is 0.910. The highest BCUT2D eigenvalue weighted by Gasteiger charge is 2.22. The summed E-state index contributed by atoms with van der Waals surface area (Å²) in [5.74, 6) is 0.425. The minimum atomic E-state index is -4.06. The standard InChI is InChI=1S/C15H10Cl3N3O3S/c1-24-8-5-6-10-11(7-8)20-15(14(18)19-10)21-25(22,23)12-4-2-3-9(16)13(12)17/h2-7H,1H3,(H,20,21). The maximum absolute atomic E-state index is 12.6. The molecule has 1 N–H and O–H groups in total. The highest BCUT2D eigenvalue weighted by atomic mass is 35.5. The molecular weight excluding hydrogens is 409 g/mol. The van der Waals surface area contributed by atoms with Gasteiger partial charge in [-0.1, -0.05) is 40.9 Å². The number of sulfonamides is 1. The van der Waals surface area contributed by atoms with Crippen molar-refractivity contribution in [3.05, 3.63) is 51.6 Å². The molecule has 0 spiro atoms. The van der Waals surface area contributed by atoms with Crippen molar-refractivity contribution in [3.8, 4) is 5.75 Å². The van der Waals surface area contributed by atoms with E-state index in [1.807, 2.05) is 0 Å². The van der Waals surface area contributed by atoms with Crippen molar-refractivity contribution >= 4 is 61.7 Å². The zero-order chi connectivity index (χ0) is 18.2. The van der Waals surface area contributed by atoms with Gasteiger partial charge in [-0.15, -0.1) is 0 Å². The van der Waals surface area contributed by atoms with Gasteiger partial charge in [0.05, 0.1) is 28.2 Å². The number of hydrogen-bond donors (Lipinski definition) is 1. The number of rotatable bonds is 4. The highest BCUT2D eigenvalue weighted by Crippen LogP contribution is 2.31. The quantitative estimate of drug-likeness (QED) is 0.679. The topological polar surface area (TPSA) is 81.2 Å². The first kappa shape index (κ1) is 18.0. The van der Waals surface area contributed by atoms with E-state index in [4.69, 9.17) is 39.5 Å². The number of ether oxygens (including phenoxy) is 1. The number of hydrogen-bond acceptors (Lipinski definition) is 5. The lowest BCUT2D eigenvalue weighted by molar-refractivity contribution is 0.415. The van der Waals surface area contributed by atoms with Gasteiger partial charge in [0, 0.05) is 6.07 Å². The van der Waals surface area contributed by atoms with Gasteiger partial charge in [-0.25, -0.2) is 18.4 Å². The first-order valence-electron chi connectivity index (χ1n) is 6.80. The van der Waals surface area contributed by atoms with Gasteiger partial charge in [-0.05, 0) is 24.3 Å². The fraction of sp³-hybridized carbons (Fsp3) is 0.0667. The fourth-order valence-electron chi connectivity index (χ4n) is 2.08. The van der Waals surface area contributed by atoms with Crippen molar-refractivity contribution in [1.82, 2.24) is 9.97 Å². The molecule has 0 radical (unpaired) electrons. The molecule has 0 saturated carbocycles. The van der Waals surface area contributed by atoms with Crippen LogP contribution in [-0.4, -0.2) is 25.5 Å². The Bertz CT molecular complexity index is 1070. The number of fused-ring (bicyclic) bond motifs is 1. The van der Waals surface area contributed by atoms with Crippen LogP contribution in [0, 0.1) is 0 Å². The van der Waals surface area contributed by atoms with Gasteiger partial charge >= 0.3 is 0 Å². The van der Waals surface area contributed by atoms with Crippen LogP contribution < -0.4 is 9.46 Å². The molecule has 0 aliphatic carbocycles. The summed E-state index contributed by atoms with van der Waals surface area (Å²) in [6.45, 7) is 0. The van der Waals surface area contributed by atoms with Crippen molar-refractivity contribution in [2.75, 3.05) is 11.8 Å². The molecule has 10 heteroatoms. The zero-order valence-electron chi connectivity index (χ0n) is 12.6. The van der Waals surface area contributed by atoms with E-state index in [0.717, 1.165) is 0 Å². The normalized spacial score (nSPS) is 11.5. The van der Waals surface area contributed by atoms with Crippen LogP contribution in [0.4, 0.5) is 5.82 Å². The molecule has 3 aromatic rings. The molecule has 0 bridgehead atoms. The second kappa shape index (κ2) is 6.84. The molecule has 1 heterocycles. The Morgan fingerprint density at radius 3 is 2.52 bits per heavy atom. The second-order valence-electron chi connectivity index (χ2n) is 4.88. The molecule has 1 aromatic heterocycles. The lowest BCUT2D eigenvalue weighted by Crippen LogP contribution is -2.15. The van der Waals surface area contributed by atoms with Crippen LogP contribution in [0.5, 0.6) is 5.75 Å². The van der Waals surface area contributed by atoms with Gasteiger partial charge in [0.25, 0.3) is 10.0 Å². The molecule has 0 aliphatic heterocycles. The lowest BCUT2D eigenvalue weighted by Gasteiger charge is -2.11. The summed E-state index contributed by atoms with van der Waals surface area (Å²) in [6.07, 6.45) is 0. The smallest absolute Gasteiger partial charge is 0.264 e. The third-order valence-electron chi connectivity index (χ3n) is 3.27. The minimum Gasteiger partial charge on any atom is -0.497 e. The Hall–Kier alpha value is -1.80. The molecule has 130 valence electrons. The third-order valence-corrected chi connectivity index (χ3v) is 5.84. The molecule has 0 amide bonds. The van der Waals surface area contributed by atoms with E-state index in [-0.39, 0.29) is 25.9 Å². The van der Waals surface area contributed by atoms with Gasteiger partial charge in [0.2, 0.25) is 0 Å². The number of methoxy groups -OCH3 is 1. The average molecular weight is 419 g/mol. The summed E-state index contributed by atoms with van der Waals surface area (Å²) in [4.78, 5) is 8.15. The van der Waals surface area contributed by atoms with Crippen molar-refractivity contribution in [1.29, 1.82) is 0 Å². The van der Waals surface area contributed by atoms with Crippen molar-refractivity contribution in [2.45, 2.75) is 4.90 Å². The number of aromatic nitrogens is 2. The number of benzene rings is 2. The Morgan fingerprint density at radius 1 is 1.04 bits per heavy atom. The Morgan fingerprint density at radius 2 is 1.80 bits per heavy atom. The van der Waals surface area contributed by atoms with E-state index in [1.54, 1.807) is 18.2 Å². The van der Waals surface area contributed by atoms with Crippen molar-refractivity contribution in [2.24, 2.45) is 0 Å². The number of nitrogens with zero attached hydrogens (tertiary/aromatic N) is 2. The molecule has 0 atom stereocenters. The van der Waals surface area contributed by atoms with Crippen molar-refractivity contribution < 1.29 is 13.2 Å². The van der Waals surface area contributed by atoms with Gasteiger partial charge in [0.15, 0.2) is 11.0 Å². The van der Waals surface area contributed by atoms with Crippen LogP contribution in [0.2, 0.25) is 15.2 Å². The van der Waals surface area contributed by atoms with Crippen LogP contribution in [0.3, 0.4) is 0 Å². The first-order chi connectivity index (χ1) is 11.8.